The van der Waals surface area contributed by atoms with Crippen molar-refractivity contribution in [2.45, 2.75) is 0 Å². The van der Waals surface area contributed by atoms with Crippen LogP contribution in [0.5, 0.6) is 0 Å². The monoisotopic (exact) mass is 326 g/mol. The Morgan fingerprint density at radius 2 is 1.39 bits per heavy atom. The van der Waals surface area contributed by atoms with Crippen molar-refractivity contribution in [2.24, 2.45) is 0 Å². The maximum absolute atomic E-state index is 12.5. The number of methoxy groups -OCH3 is 1. The SMILES string of the molecule is COC(=O)C1=C(c2ccccc2)C(c2ccccc2)=CS1(=O)=O. The van der Waals surface area contributed by atoms with Gasteiger partial charge in [-0.05, 0) is 11.1 Å². The highest BCUT2D eigenvalue weighted by atomic mass is 32.2. The molecule has 23 heavy (non-hydrogen) atoms. The Morgan fingerprint density at radius 3 is 1.91 bits per heavy atom. The molecule has 0 amide bonds. The Balaban J connectivity index is 2.32. The molecule has 2 aromatic rings. The third kappa shape index (κ3) is 2.71. The number of ether oxygens (including phenoxy) is 1. The first kappa shape index (κ1) is 15.2. The van der Waals surface area contributed by atoms with Gasteiger partial charge in [-0.1, -0.05) is 60.7 Å². The molecule has 0 atom stereocenters. The number of sulfone groups is 1. The van der Waals surface area contributed by atoms with E-state index in [1.165, 1.54) is 7.11 Å². The Morgan fingerprint density at radius 1 is 0.870 bits per heavy atom. The predicted octanol–water partition coefficient (Wildman–Crippen LogP) is 3.04. The van der Waals surface area contributed by atoms with Crippen molar-refractivity contribution in [1.82, 2.24) is 0 Å². The van der Waals surface area contributed by atoms with Crippen molar-refractivity contribution in [3.63, 3.8) is 0 Å². The average molecular weight is 326 g/mol. The molecule has 0 saturated heterocycles. The first-order valence-corrected chi connectivity index (χ1v) is 8.50. The van der Waals surface area contributed by atoms with Crippen LogP contribution in [0.1, 0.15) is 11.1 Å². The molecule has 0 bridgehead atoms. The number of esters is 1. The number of benzene rings is 2. The molecule has 0 spiro atoms. The first-order chi connectivity index (χ1) is 11.0. The summed E-state index contributed by atoms with van der Waals surface area (Å²) < 4.78 is 29.7. The van der Waals surface area contributed by atoms with Crippen molar-refractivity contribution in [2.75, 3.05) is 7.11 Å². The van der Waals surface area contributed by atoms with Gasteiger partial charge in [0, 0.05) is 16.6 Å². The second kappa shape index (κ2) is 5.85. The lowest BCUT2D eigenvalue weighted by molar-refractivity contribution is -0.135. The van der Waals surface area contributed by atoms with Gasteiger partial charge in [0.1, 0.15) is 0 Å². The van der Waals surface area contributed by atoms with Crippen LogP contribution < -0.4 is 0 Å². The van der Waals surface area contributed by atoms with Crippen LogP contribution in [0.25, 0.3) is 11.1 Å². The lowest BCUT2D eigenvalue weighted by atomic mass is 9.93. The summed E-state index contributed by atoms with van der Waals surface area (Å²) in [4.78, 5) is 11.8. The molecule has 0 radical (unpaired) electrons. The van der Waals surface area contributed by atoms with Gasteiger partial charge in [-0.2, -0.15) is 0 Å². The molecule has 1 aliphatic rings. The van der Waals surface area contributed by atoms with Crippen LogP contribution in [0.15, 0.2) is 71.0 Å². The maximum Gasteiger partial charge on any atom is 0.350 e. The summed E-state index contributed by atoms with van der Waals surface area (Å²) in [7, 11) is -2.68. The molecule has 0 N–H and O–H groups in total. The van der Waals surface area contributed by atoms with E-state index in [0.29, 0.717) is 16.7 Å². The van der Waals surface area contributed by atoms with Crippen molar-refractivity contribution in [3.8, 4) is 0 Å². The van der Waals surface area contributed by atoms with Gasteiger partial charge in [0.25, 0.3) is 0 Å². The molecular weight excluding hydrogens is 312 g/mol. The van der Waals surface area contributed by atoms with Crippen molar-refractivity contribution >= 4 is 27.0 Å². The molecular formula is C18H14O4S. The Bertz CT molecular complexity index is 908. The summed E-state index contributed by atoms with van der Waals surface area (Å²) in [5, 5.41) is 1.14. The predicted molar refractivity (Wildman–Crippen MR) is 88.7 cm³/mol. The van der Waals surface area contributed by atoms with Gasteiger partial charge in [0.2, 0.25) is 9.84 Å². The van der Waals surface area contributed by atoms with Crippen LogP contribution in [0.2, 0.25) is 0 Å². The summed E-state index contributed by atoms with van der Waals surface area (Å²) in [6.07, 6.45) is 0. The molecule has 3 rings (SSSR count). The standard InChI is InChI=1S/C18H14O4S/c1-22-18(19)17-16(14-10-6-3-7-11-14)15(12-23(17,20)21)13-8-4-2-5-9-13/h2-12H,1H3. The third-order valence-corrected chi connectivity index (χ3v) is 5.06. The van der Waals surface area contributed by atoms with E-state index in [4.69, 9.17) is 4.74 Å². The molecule has 5 heteroatoms. The average Bonchev–Trinajstić information content (AvgIpc) is 2.87. The van der Waals surface area contributed by atoms with Crippen molar-refractivity contribution in [3.05, 3.63) is 82.1 Å². The number of rotatable bonds is 3. The van der Waals surface area contributed by atoms with Gasteiger partial charge >= 0.3 is 5.97 Å². The van der Waals surface area contributed by atoms with E-state index >= 15 is 0 Å². The number of allylic oxidation sites excluding steroid dienone is 2. The number of hydrogen-bond donors (Lipinski definition) is 0. The fourth-order valence-corrected chi connectivity index (χ4v) is 4.08. The molecule has 0 aromatic heterocycles. The summed E-state index contributed by atoms with van der Waals surface area (Å²) >= 11 is 0. The molecule has 1 heterocycles. The van der Waals surface area contributed by atoms with E-state index in [0.717, 1.165) is 11.0 Å². The summed E-state index contributed by atoms with van der Waals surface area (Å²) in [5.41, 5.74) is 2.26. The molecule has 1 aliphatic heterocycles. The molecule has 116 valence electrons. The van der Waals surface area contributed by atoms with Gasteiger partial charge in [0.05, 0.1) is 7.11 Å². The zero-order valence-corrected chi connectivity index (χ0v) is 13.2. The normalized spacial score (nSPS) is 16.1. The van der Waals surface area contributed by atoms with Crippen LogP contribution in [-0.2, 0) is 19.4 Å². The topological polar surface area (TPSA) is 60.4 Å². The zero-order valence-electron chi connectivity index (χ0n) is 12.4. The molecule has 0 fully saturated rings. The summed E-state index contributed by atoms with van der Waals surface area (Å²) in [6.45, 7) is 0. The maximum atomic E-state index is 12.5. The second-order valence-corrected chi connectivity index (χ2v) is 6.74. The summed E-state index contributed by atoms with van der Waals surface area (Å²) in [5.74, 6) is -0.856. The third-order valence-electron chi connectivity index (χ3n) is 3.57. The molecule has 4 nitrogen and oxygen atoms in total. The van der Waals surface area contributed by atoms with E-state index in [-0.39, 0.29) is 4.91 Å². The molecule has 0 aliphatic carbocycles. The van der Waals surface area contributed by atoms with E-state index in [1.807, 2.05) is 36.4 Å². The number of carbonyl (C=O) groups is 1. The van der Waals surface area contributed by atoms with Gasteiger partial charge < -0.3 is 4.74 Å². The van der Waals surface area contributed by atoms with Crippen LogP contribution in [0.4, 0.5) is 0 Å². The van der Waals surface area contributed by atoms with E-state index in [9.17, 15) is 13.2 Å². The van der Waals surface area contributed by atoms with Crippen molar-refractivity contribution in [1.29, 1.82) is 0 Å². The van der Waals surface area contributed by atoms with Gasteiger partial charge in [-0.15, -0.1) is 0 Å². The largest absolute Gasteiger partial charge is 0.465 e. The van der Waals surface area contributed by atoms with Crippen LogP contribution >= 0.6 is 0 Å². The minimum atomic E-state index is -3.85. The Kier molecular flexibility index (Phi) is 3.88. The summed E-state index contributed by atoms with van der Waals surface area (Å²) in [6, 6.07) is 18.1. The first-order valence-electron chi connectivity index (χ1n) is 6.95. The van der Waals surface area contributed by atoms with Gasteiger partial charge in [0.15, 0.2) is 4.91 Å². The smallest absolute Gasteiger partial charge is 0.350 e. The number of carbonyl (C=O) groups excluding carboxylic acids is 1. The molecule has 0 unspecified atom stereocenters. The fraction of sp³-hybridized carbons (Fsp3) is 0.0556. The molecule has 2 aromatic carbocycles. The molecule has 0 saturated carbocycles. The van der Waals surface area contributed by atoms with Crippen LogP contribution in [-0.4, -0.2) is 21.5 Å². The van der Waals surface area contributed by atoms with Crippen LogP contribution in [0.3, 0.4) is 0 Å². The lowest BCUT2D eigenvalue weighted by Gasteiger charge is -2.10. The fourth-order valence-electron chi connectivity index (χ4n) is 2.57. The lowest BCUT2D eigenvalue weighted by Crippen LogP contribution is -2.12. The zero-order chi connectivity index (χ0) is 16.4. The highest BCUT2D eigenvalue weighted by Crippen LogP contribution is 2.42. The minimum Gasteiger partial charge on any atom is -0.465 e. The Hall–Kier alpha value is -2.66. The second-order valence-electron chi connectivity index (χ2n) is 5.00. The van der Waals surface area contributed by atoms with E-state index < -0.39 is 15.8 Å². The van der Waals surface area contributed by atoms with Gasteiger partial charge in [-0.3, -0.25) is 0 Å². The van der Waals surface area contributed by atoms with E-state index in [1.54, 1.807) is 24.3 Å². The number of hydrogen-bond acceptors (Lipinski definition) is 4. The minimum absolute atomic E-state index is 0.315. The van der Waals surface area contributed by atoms with E-state index in [2.05, 4.69) is 0 Å². The van der Waals surface area contributed by atoms with Crippen LogP contribution in [0, 0.1) is 0 Å². The highest BCUT2D eigenvalue weighted by molar-refractivity contribution is 7.99. The highest BCUT2D eigenvalue weighted by Gasteiger charge is 2.37. The quantitative estimate of drug-likeness (QED) is 0.814. The van der Waals surface area contributed by atoms with Crippen molar-refractivity contribution < 1.29 is 17.9 Å². The van der Waals surface area contributed by atoms with Gasteiger partial charge in [-0.25, -0.2) is 13.2 Å². The Labute approximate surface area is 134 Å².